The zero-order valence-corrected chi connectivity index (χ0v) is 12.1. The third kappa shape index (κ3) is 3.34. The summed E-state index contributed by atoms with van der Waals surface area (Å²) in [5.74, 6) is -1.35. The molecule has 2 aromatic rings. The fraction of sp³-hybridized carbons (Fsp3) is 0. The molecule has 0 radical (unpaired) electrons. The van der Waals surface area contributed by atoms with E-state index in [1.807, 2.05) is 0 Å². The van der Waals surface area contributed by atoms with Crippen LogP contribution >= 0.6 is 15.9 Å². The molecule has 0 bridgehead atoms. The molecule has 0 unspecified atom stereocenters. The van der Waals surface area contributed by atoms with Gasteiger partial charge in [0.25, 0.3) is 11.6 Å². The van der Waals surface area contributed by atoms with Crippen LogP contribution in [0.3, 0.4) is 0 Å². The van der Waals surface area contributed by atoms with E-state index in [4.69, 9.17) is 5.73 Å². The number of hydrogen-bond acceptors (Lipinski definition) is 4. The van der Waals surface area contributed by atoms with Crippen LogP contribution in [0.2, 0.25) is 0 Å². The highest BCUT2D eigenvalue weighted by molar-refractivity contribution is 9.10. The van der Waals surface area contributed by atoms with E-state index in [1.54, 1.807) is 12.1 Å². The largest absolute Gasteiger partial charge is 0.399 e. The average Bonchev–Trinajstić information content (AvgIpc) is 2.43. The summed E-state index contributed by atoms with van der Waals surface area (Å²) < 4.78 is 13.5. The van der Waals surface area contributed by atoms with Crippen LogP contribution in [0.4, 0.5) is 21.5 Å². The zero-order chi connectivity index (χ0) is 15.6. The minimum absolute atomic E-state index is 0.0966. The number of carbonyl (C=O) groups excluding carboxylic acids is 1. The second kappa shape index (κ2) is 5.88. The van der Waals surface area contributed by atoms with Gasteiger partial charge >= 0.3 is 0 Å². The Kier molecular flexibility index (Phi) is 4.18. The van der Waals surface area contributed by atoms with Crippen molar-refractivity contribution in [2.75, 3.05) is 11.1 Å². The standard InChI is InChI=1S/C13H9BrFN3O3/c14-10-3-2-8(16)6-9(10)13(19)17-11-4-1-7(15)5-12(11)18(20)21/h1-6H,16H2,(H,17,19). The summed E-state index contributed by atoms with van der Waals surface area (Å²) in [4.78, 5) is 22.2. The molecule has 0 aliphatic carbocycles. The van der Waals surface area contributed by atoms with E-state index in [-0.39, 0.29) is 11.3 Å². The summed E-state index contributed by atoms with van der Waals surface area (Å²) in [5.41, 5.74) is 5.57. The number of nitrogens with two attached hydrogens (primary N) is 1. The smallest absolute Gasteiger partial charge is 0.295 e. The minimum Gasteiger partial charge on any atom is -0.399 e. The number of nitro groups is 1. The van der Waals surface area contributed by atoms with Gasteiger partial charge in [0.2, 0.25) is 0 Å². The first kappa shape index (κ1) is 14.9. The molecule has 3 N–H and O–H groups in total. The molecule has 6 nitrogen and oxygen atoms in total. The first-order valence-electron chi connectivity index (χ1n) is 5.69. The molecule has 0 aromatic heterocycles. The molecule has 8 heteroatoms. The van der Waals surface area contributed by atoms with Gasteiger partial charge in [-0.1, -0.05) is 0 Å². The number of carbonyl (C=O) groups is 1. The van der Waals surface area contributed by atoms with Crippen LogP contribution < -0.4 is 11.1 Å². The summed E-state index contributed by atoms with van der Waals surface area (Å²) >= 11 is 3.19. The van der Waals surface area contributed by atoms with Crippen LogP contribution in [-0.2, 0) is 0 Å². The van der Waals surface area contributed by atoms with Gasteiger partial charge in [-0.2, -0.15) is 0 Å². The van der Waals surface area contributed by atoms with Crippen molar-refractivity contribution in [1.82, 2.24) is 0 Å². The van der Waals surface area contributed by atoms with Gasteiger partial charge in [-0.25, -0.2) is 4.39 Å². The van der Waals surface area contributed by atoms with Gasteiger partial charge in [0.1, 0.15) is 11.5 Å². The van der Waals surface area contributed by atoms with E-state index >= 15 is 0 Å². The van der Waals surface area contributed by atoms with E-state index in [0.717, 1.165) is 18.2 Å². The average molecular weight is 354 g/mol. The van der Waals surface area contributed by atoms with E-state index in [0.29, 0.717) is 10.2 Å². The number of nitrogens with one attached hydrogen (secondary N) is 1. The lowest BCUT2D eigenvalue weighted by atomic mass is 10.2. The molecule has 0 aliphatic heterocycles. The Balaban J connectivity index is 2.36. The molecule has 0 fully saturated rings. The van der Waals surface area contributed by atoms with Crippen LogP contribution in [0.15, 0.2) is 40.9 Å². The number of anilines is 2. The van der Waals surface area contributed by atoms with Crippen molar-refractivity contribution in [3.8, 4) is 0 Å². The lowest BCUT2D eigenvalue weighted by molar-refractivity contribution is -0.384. The van der Waals surface area contributed by atoms with Gasteiger partial charge in [0.05, 0.1) is 16.6 Å². The molecule has 0 heterocycles. The lowest BCUT2D eigenvalue weighted by Crippen LogP contribution is -2.14. The number of benzene rings is 2. The van der Waals surface area contributed by atoms with Crippen molar-refractivity contribution in [3.63, 3.8) is 0 Å². The van der Waals surface area contributed by atoms with Gasteiger partial charge < -0.3 is 11.1 Å². The van der Waals surface area contributed by atoms with Gasteiger partial charge in [-0.15, -0.1) is 0 Å². The Morgan fingerprint density at radius 1 is 1.29 bits per heavy atom. The molecule has 0 saturated carbocycles. The number of nitrogens with zero attached hydrogens (tertiary/aromatic N) is 1. The Labute approximate surface area is 127 Å². The Hall–Kier alpha value is -2.48. The van der Waals surface area contributed by atoms with E-state index < -0.39 is 22.3 Å². The molecule has 0 saturated heterocycles. The number of nitro benzene ring substituents is 1. The van der Waals surface area contributed by atoms with E-state index in [1.165, 1.54) is 6.07 Å². The van der Waals surface area contributed by atoms with Gasteiger partial charge in [0, 0.05) is 10.2 Å². The number of nitrogen functional groups attached to an aromatic ring is 1. The topological polar surface area (TPSA) is 98.3 Å². The van der Waals surface area contributed by atoms with Crippen molar-refractivity contribution >= 4 is 38.9 Å². The van der Waals surface area contributed by atoms with Gasteiger partial charge in [-0.3, -0.25) is 14.9 Å². The van der Waals surface area contributed by atoms with Crippen molar-refractivity contribution in [2.45, 2.75) is 0 Å². The molecular weight excluding hydrogens is 345 g/mol. The Morgan fingerprint density at radius 2 is 2.00 bits per heavy atom. The third-order valence-electron chi connectivity index (χ3n) is 2.64. The quantitative estimate of drug-likeness (QED) is 0.502. The predicted octanol–water partition coefficient (Wildman–Crippen LogP) is 3.33. The fourth-order valence-corrected chi connectivity index (χ4v) is 2.09. The predicted molar refractivity (Wildman–Crippen MR) is 79.6 cm³/mol. The zero-order valence-electron chi connectivity index (χ0n) is 10.5. The molecule has 0 spiro atoms. The molecular formula is C13H9BrFN3O3. The maximum absolute atomic E-state index is 13.0. The summed E-state index contributed by atoms with van der Waals surface area (Å²) in [7, 11) is 0. The molecule has 2 aromatic carbocycles. The highest BCUT2D eigenvalue weighted by atomic mass is 79.9. The number of hydrogen-bond donors (Lipinski definition) is 2. The van der Waals surface area contributed by atoms with Gasteiger partial charge in [0.15, 0.2) is 0 Å². The lowest BCUT2D eigenvalue weighted by Gasteiger charge is -2.08. The molecule has 0 aliphatic rings. The first-order chi connectivity index (χ1) is 9.88. The molecule has 2 rings (SSSR count). The SMILES string of the molecule is Nc1ccc(Br)c(C(=O)Nc2ccc(F)cc2[N+](=O)[O-])c1. The maximum atomic E-state index is 13.0. The van der Waals surface area contributed by atoms with Crippen molar-refractivity contribution < 1.29 is 14.1 Å². The highest BCUT2D eigenvalue weighted by Gasteiger charge is 2.19. The number of amides is 1. The van der Waals surface area contributed by atoms with Crippen molar-refractivity contribution in [1.29, 1.82) is 0 Å². The van der Waals surface area contributed by atoms with Crippen molar-refractivity contribution in [3.05, 3.63) is 62.4 Å². The second-order valence-electron chi connectivity index (χ2n) is 4.11. The van der Waals surface area contributed by atoms with Crippen LogP contribution in [0.5, 0.6) is 0 Å². The van der Waals surface area contributed by atoms with E-state index in [2.05, 4.69) is 21.2 Å². The molecule has 108 valence electrons. The van der Waals surface area contributed by atoms with Crippen LogP contribution in [0, 0.1) is 15.9 Å². The summed E-state index contributed by atoms with van der Waals surface area (Å²) in [6.07, 6.45) is 0. The van der Waals surface area contributed by atoms with Crippen LogP contribution in [0.1, 0.15) is 10.4 Å². The third-order valence-corrected chi connectivity index (χ3v) is 3.33. The van der Waals surface area contributed by atoms with Gasteiger partial charge in [-0.05, 0) is 46.3 Å². The minimum atomic E-state index is -0.771. The number of rotatable bonds is 3. The van der Waals surface area contributed by atoms with Crippen molar-refractivity contribution in [2.24, 2.45) is 0 Å². The first-order valence-corrected chi connectivity index (χ1v) is 6.48. The maximum Gasteiger partial charge on any atom is 0.295 e. The highest BCUT2D eigenvalue weighted by Crippen LogP contribution is 2.27. The molecule has 0 atom stereocenters. The second-order valence-corrected chi connectivity index (χ2v) is 4.97. The monoisotopic (exact) mass is 353 g/mol. The molecule has 21 heavy (non-hydrogen) atoms. The fourth-order valence-electron chi connectivity index (χ4n) is 1.67. The summed E-state index contributed by atoms with van der Waals surface area (Å²) in [6.45, 7) is 0. The molecule has 1 amide bonds. The Bertz CT molecular complexity index is 737. The van der Waals surface area contributed by atoms with Crippen LogP contribution in [-0.4, -0.2) is 10.8 Å². The summed E-state index contributed by atoms with van der Waals surface area (Å²) in [6, 6.07) is 7.51. The number of halogens is 2. The van der Waals surface area contributed by atoms with Crippen LogP contribution in [0.25, 0.3) is 0 Å². The van der Waals surface area contributed by atoms with E-state index in [9.17, 15) is 19.3 Å². The summed E-state index contributed by atoms with van der Waals surface area (Å²) in [5, 5.41) is 13.2. The normalized spacial score (nSPS) is 10.2. The Morgan fingerprint density at radius 3 is 2.67 bits per heavy atom.